The Morgan fingerprint density at radius 3 is 2.38 bits per heavy atom. The molecule has 1 aliphatic heterocycles. The standard InChI is InChI=1S/C30H28N2O6S/c1-6-38-20-10-7-18(8-11-20)27(33)24-26(19-9-12-21(36-4)22(15-19)37-5)32(29(35)28(24)34)30-31-25-17(3)13-16(2)14-23(25)39-30/h7-15,26,33H,6H2,1-5H3/b27-24+. The maximum Gasteiger partial charge on any atom is 0.301 e. The summed E-state index contributed by atoms with van der Waals surface area (Å²) in [5, 5.41) is 11.8. The minimum absolute atomic E-state index is 0.0384. The van der Waals surface area contributed by atoms with Crippen LogP contribution in [0.1, 0.15) is 35.2 Å². The molecule has 0 saturated carbocycles. The van der Waals surface area contributed by atoms with Crippen LogP contribution in [-0.4, -0.2) is 42.6 Å². The highest BCUT2D eigenvalue weighted by atomic mass is 32.1. The van der Waals surface area contributed by atoms with Crippen molar-refractivity contribution < 1.29 is 28.9 Å². The number of Topliss-reactive ketones (excluding diaryl/α,β-unsaturated/α-hetero) is 1. The number of carbonyl (C=O) groups excluding carboxylic acids is 2. The predicted molar refractivity (Wildman–Crippen MR) is 151 cm³/mol. The summed E-state index contributed by atoms with van der Waals surface area (Å²) in [5.41, 5.74) is 3.72. The number of carbonyl (C=O) groups is 2. The van der Waals surface area contributed by atoms with Gasteiger partial charge < -0.3 is 19.3 Å². The number of benzene rings is 3. The normalized spacial score (nSPS) is 16.6. The first-order chi connectivity index (χ1) is 18.8. The van der Waals surface area contributed by atoms with Gasteiger partial charge in [-0.25, -0.2) is 4.98 Å². The zero-order valence-electron chi connectivity index (χ0n) is 22.3. The van der Waals surface area contributed by atoms with Crippen molar-refractivity contribution in [2.45, 2.75) is 26.8 Å². The Hall–Kier alpha value is -4.37. The van der Waals surface area contributed by atoms with Gasteiger partial charge in [0.1, 0.15) is 11.5 Å². The molecule has 0 radical (unpaired) electrons. The largest absolute Gasteiger partial charge is 0.507 e. The number of aliphatic hydroxyl groups is 1. The molecule has 0 bridgehead atoms. The molecule has 0 aliphatic carbocycles. The van der Waals surface area contributed by atoms with Crippen molar-refractivity contribution in [3.63, 3.8) is 0 Å². The summed E-state index contributed by atoms with van der Waals surface area (Å²) >= 11 is 1.33. The van der Waals surface area contributed by atoms with Crippen LogP contribution < -0.4 is 19.1 Å². The zero-order chi connectivity index (χ0) is 27.8. The summed E-state index contributed by atoms with van der Waals surface area (Å²) < 4.78 is 17.3. The van der Waals surface area contributed by atoms with E-state index in [0.717, 1.165) is 21.3 Å². The number of aliphatic hydroxyl groups excluding tert-OH is 1. The molecule has 39 heavy (non-hydrogen) atoms. The molecule has 1 saturated heterocycles. The maximum absolute atomic E-state index is 13.6. The van der Waals surface area contributed by atoms with Crippen LogP contribution in [0.15, 0.2) is 60.2 Å². The zero-order valence-corrected chi connectivity index (χ0v) is 23.1. The Kier molecular flexibility index (Phi) is 7.01. The van der Waals surface area contributed by atoms with Crippen LogP contribution in [0.2, 0.25) is 0 Å². The molecule has 1 atom stereocenters. The third-order valence-corrected chi connectivity index (χ3v) is 7.63. The number of anilines is 1. The number of ketones is 1. The molecule has 1 aliphatic rings. The molecule has 1 aromatic heterocycles. The van der Waals surface area contributed by atoms with E-state index < -0.39 is 17.7 Å². The fourth-order valence-electron chi connectivity index (χ4n) is 4.86. The molecule has 1 N–H and O–H groups in total. The fraction of sp³-hybridized carbons (Fsp3) is 0.233. The van der Waals surface area contributed by atoms with E-state index in [-0.39, 0.29) is 11.3 Å². The second kappa shape index (κ2) is 10.4. The van der Waals surface area contributed by atoms with Gasteiger partial charge in [-0.05, 0) is 79.9 Å². The van der Waals surface area contributed by atoms with E-state index in [0.29, 0.717) is 40.1 Å². The van der Waals surface area contributed by atoms with Crippen LogP contribution in [0.4, 0.5) is 5.13 Å². The minimum atomic E-state index is -0.946. The summed E-state index contributed by atoms with van der Waals surface area (Å²) in [6.45, 7) is 6.34. The van der Waals surface area contributed by atoms with E-state index in [2.05, 4.69) is 0 Å². The number of hydrogen-bond donors (Lipinski definition) is 1. The van der Waals surface area contributed by atoms with Crippen molar-refractivity contribution >= 4 is 44.1 Å². The van der Waals surface area contributed by atoms with Gasteiger partial charge in [0.05, 0.1) is 42.7 Å². The second-order valence-corrected chi connectivity index (χ2v) is 10.2. The van der Waals surface area contributed by atoms with Crippen molar-refractivity contribution in [1.82, 2.24) is 4.98 Å². The quantitative estimate of drug-likeness (QED) is 0.174. The lowest BCUT2D eigenvalue weighted by Crippen LogP contribution is -2.29. The SMILES string of the molecule is CCOc1ccc(/C(O)=C2\C(=O)C(=O)N(c3nc4c(C)cc(C)cc4s3)C2c2ccc(OC)c(OC)c2)cc1. The third-order valence-electron chi connectivity index (χ3n) is 6.63. The number of aryl methyl sites for hydroxylation is 2. The van der Waals surface area contributed by atoms with E-state index in [9.17, 15) is 14.7 Å². The summed E-state index contributed by atoms with van der Waals surface area (Å²) in [6.07, 6.45) is 0. The number of aromatic nitrogens is 1. The lowest BCUT2D eigenvalue weighted by atomic mass is 9.95. The lowest BCUT2D eigenvalue weighted by Gasteiger charge is -2.23. The summed E-state index contributed by atoms with van der Waals surface area (Å²) in [6, 6.07) is 15.0. The first-order valence-electron chi connectivity index (χ1n) is 12.4. The van der Waals surface area contributed by atoms with Gasteiger partial charge in [0, 0.05) is 5.56 Å². The number of amides is 1. The average molecular weight is 545 g/mol. The first-order valence-corrected chi connectivity index (χ1v) is 13.2. The molecule has 1 amide bonds. The van der Waals surface area contributed by atoms with Crippen LogP contribution in [0.3, 0.4) is 0 Å². The van der Waals surface area contributed by atoms with Gasteiger partial charge in [-0.2, -0.15) is 0 Å². The van der Waals surface area contributed by atoms with Gasteiger partial charge in [0.2, 0.25) is 0 Å². The van der Waals surface area contributed by atoms with Crippen molar-refractivity contribution in [2.24, 2.45) is 0 Å². The van der Waals surface area contributed by atoms with E-state index >= 15 is 0 Å². The highest BCUT2D eigenvalue weighted by Crippen LogP contribution is 2.46. The fourth-order valence-corrected chi connectivity index (χ4v) is 6.03. The Balaban J connectivity index is 1.72. The molecule has 4 aromatic rings. The van der Waals surface area contributed by atoms with Crippen LogP contribution in [0, 0.1) is 13.8 Å². The topological polar surface area (TPSA) is 98.2 Å². The van der Waals surface area contributed by atoms with Gasteiger partial charge in [0.15, 0.2) is 16.6 Å². The molecule has 1 unspecified atom stereocenters. The first kappa shape index (κ1) is 26.2. The third kappa shape index (κ3) is 4.59. The highest BCUT2D eigenvalue weighted by Gasteiger charge is 2.48. The molecule has 9 heteroatoms. The summed E-state index contributed by atoms with van der Waals surface area (Å²) in [4.78, 5) is 33.3. The monoisotopic (exact) mass is 544 g/mol. The number of nitrogens with zero attached hydrogens (tertiary/aromatic N) is 2. The molecule has 200 valence electrons. The smallest absolute Gasteiger partial charge is 0.301 e. The van der Waals surface area contributed by atoms with E-state index in [1.165, 1.54) is 30.5 Å². The Bertz CT molecular complexity index is 1620. The van der Waals surface area contributed by atoms with E-state index in [1.54, 1.807) is 42.5 Å². The van der Waals surface area contributed by atoms with Gasteiger partial charge >= 0.3 is 5.91 Å². The van der Waals surface area contributed by atoms with Crippen molar-refractivity contribution in [3.8, 4) is 17.2 Å². The molecule has 0 spiro atoms. The molecule has 1 fully saturated rings. The summed E-state index contributed by atoms with van der Waals surface area (Å²) in [7, 11) is 3.04. The molecular weight excluding hydrogens is 516 g/mol. The van der Waals surface area contributed by atoms with Gasteiger partial charge in [-0.3, -0.25) is 14.5 Å². The van der Waals surface area contributed by atoms with Crippen LogP contribution in [-0.2, 0) is 9.59 Å². The Labute approximate surface area is 230 Å². The molecule has 5 rings (SSSR count). The summed E-state index contributed by atoms with van der Waals surface area (Å²) in [5.74, 6) is -0.296. The number of hydrogen-bond acceptors (Lipinski definition) is 8. The van der Waals surface area contributed by atoms with Crippen molar-refractivity contribution in [3.05, 3.63) is 82.4 Å². The Morgan fingerprint density at radius 2 is 1.72 bits per heavy atom. The predicted octanol–water partition coefficient (Wildman–Crippen LogP) is 5.96. The highest BCUT2D eigenvalue weighted by molar-refractivity contribution is 7.22. The molecule has 3 aromatic carbocycles. The van der Waals surface area contributed by atoms with E-state index in [4.69, 9.17) is 19.2 Å². The number of thiazole rings is 1. The number of methoxy groups -OCH3 is 2. The molecular formula is C30H28N2O6S. The van der Waals surface area contributed by atoms with Crippen LogP contribution >= 0.6 is 11.3 Å². The van der Waals surface area contributed by atoms with Gasteiger partial charge in [-0.1, -0.05) is 23.5 Å². The maximum atomic E-state index is 13.6. The van der Waals surface area contributed by atoms with Crippen molar-refractivity contribution in [2.75, 3.05) is 25.7 Å². The Morgan fingerprint density at radius 1 is 1.00 bits per heavy atom. The van der Waals surface area contributed by atoms with E-state index in [1.807, 2.05) is 32.9 Å². The number of rotatable bonds is 7. The van der Waals surface area contributed by atoms with Gasteiger partial charge in [0.25, 0.3) is 5.78 Å². The number of ether oxygens (including phenoxy) is 3. The molecule has 2 heterocycles. The van der Waals surface area contributed by atoms with Crippen molar-refractivity contribution in [1.29, 1.82) is 0 Å². The molecule has 8 nitrogen and oxygen atoms in total. The van der Waals surface area contributed by atoms with Crippen LogP contribution in [0.25, 0.3) is 16.0 Å². The second-order valence-electron chi connectivity index (χ2n) is 9.17. The number of fused-ring (bicyclic) bond motifs is 1. The lowest BCUT2D eigenvalue weighted by molar-refractivity contribution is -0.132. The average Bonchev–Trinajstić information content (AvgIpc) is 3.47. The van der Waals surface area contributed by atoms with Crippen LogP contribution in [0.5, 0.6) is 17.2 Å². The minimum Gasteiger partial charge on any atom is -0.507 e. The van der Waals surface area contributed by atoms with Gasteiger partial charge in [-0.15, -0.1) is 0 Å².